The molecule has 0 spiro atoms. The third-order valence-electron chi connectivity index (χ3n) is 3.82. The predicted molar refractivity (Wildman–Crippen MR) is 80.4 cm³/mol. The monoisotopic (exact) mass is 339 g/mol. The minimum Gasteiger partial charge on any atom is -0.480 e. The van der Waals surface area contributed by atoms with Gasteiger partial charge in [0.15, 0.2) is 0 Å². The zero-order chi connectivity index (χ0) is 16.8. The van der Waals surface area contributed by atoms with Crippen molar-refractivity contribution in [2.45, 2.75) is 43.5 Å². The van der Waals surface area contributed by atoms with Crippen LogP contribution in [0, 0.1) is 5.92 Å². The average molecular weight is 339 g/mol. The molecule has 3 rings (SSSR count). The fourth-order valence-electron chi connectivity index (χ4n) is 2.34. The number of hydrogen-bond acceptors (Lipinski definition) is 6. The van der Waals surface area contributed by atoms with Crippen molar-refractivity contribution in [2.75, 3.05) is 0 Å². The standard InChI is InChI=1S/C14H17N3O5S/c1-7(2)11(14(18)19)17-23(20,21)9-5-10-12(8-3-4-8)16-22-13(10)15-6-9/h5-8,11,17H,3-4H2,1-2H3,(H,18,19). The summed E-state index contributed by atoms with van der Waals surface area (Å²) in [4.78, 5) is 15.1. The Labute approximate surface area is 132 Å². The highest BCUT2D eigenvalue weighted by Gasteiger charge is 2.32. The van der Waals surface area contributed by atoms with E-state index in [1.54, 1.807) is 13.8 Å². The highest BCUT2D eigenvalue weighted by molar-refractivity contribution is 7.89. The van der Waals surface area contributed by atoms with Gasteiger partial charge in [-0.15, -0.1) is 0 Å². The number of rotatable bonds is 6. The molecule has 0 saturated heterocycles. The number of hydrogen-bond donors (Lipinski definition) is 2. The van der Waals surface area contributed by atoms with Crippen LogP contribution in [0.15, 0.2) is 21.7 Å². The summed E-state index contributed by atoms with van der Waals surface area (Å²) in [5, 5.41) is 13.7. The first-order chi connectivity index (χ1) is 10.8. The number of pyridine rings is 1. The number of sulfonamides is 1. The van der Waals surface area contributed by atoms with Crippen LogP contribution in [-0.4, -0.2) is 35.7 Å². The smallest absolute Gasteiger partial charge is 0.322 e. The molecule has 9 heteroatoms. The Morgan fingerprint density at radius 1 is 1.43 bits per heavy atom. The van der Waals surface area contributed by atoms with E-state index >= 15 is 0 Å². The van der Waals surface area contributed by atoms with Crippen molar-refractivity contribution >= 4 is 27.1 Å². The Bertz CT molecular complexity index is 854. The molecule has 0 aromatic carbocycles. The Kier molecular flexibility index (Phi) is 3.85. The number of nitrogens with one attached hydrogen (secondary N) is 1. The van der Waals surface area contributed by atoms with E-state index in [9.17, 15) is 13.2 Å². The lowest BCUT2D eigenvalue weighted by Crippen LogP contribution is -2.44. The minimum absolute atomic E-state index is 0.0954. The number of carboxylic acids is 1. The van der Waals surface area contributed by atoms with Gasteiger partial charge in [-0.25, -0.2) is 13.4 Å². The maximum atomic E-state index is 12.4. The lowest BCUT2D eigenvalue weighted by molar-refractivity contribution is -0.140. The number of nitrogens with zero attached hydrogens (tertiary/aromatic N) is 2. The Hall–Kier alpha value is -2.00. The van der Waals surface area contributed by atoms with Gasteiger partial charge in [0.1, 0.15) is 10.9 Å². The van der Waals surface area contributed by atoms with Crippen LogP contribution in [0.25, 0.3) is 11.1 Å². The average Bonchev–Trinajstić information content (AvgIpc) is 3.23. The number of carbonyl (C=O) groups is 1. The second-order valence-electron chi connectivity index (χ2n) is 6.05. The van der Waals surface area contributed by atoms with Gasteiger partial charge in [0.25, 0.3) is 5.71 Å². The molecule has 1 aliphatic rings. The molecule has 2 aromatic heterocycles. The molecule has 0 radical (unpaired) electrons. The number of aromatic nitrogens is 2. The molecule has 1 unspecified atom stereocenters. The molecule has 2 N–H and O–H groups in total. The van der Waals surface area contributed by atoms with Crippen molar-refractivity contribution in [1.29, 1.82) is 0 Å². The van der Waals surface area contributed by atoms with Crippen LogP contribution in [0.3, 0.4) is 0 Å². The third kappa shape index (κ3) is 3.06. The van der Waals surface area contributed by atoms with Gasteiger partial charge in [-0.1, -0.05) is 19.0 Å². The summed E-state index contributed by atoms with van der Waals surface area (Å²) in [6.45, 7) is 3.27. The van der Waals surface area contributed by atoms with Crippen molar-refractivity contribution in [3.63, 3.8) is 0 Å². The maximum absolute atomic E-state index is 12.4. The molecule has 1 atom stereocenters. The second-order valence-corrected chi connectivity index (χ2v) is 7.76. The maximum Gasteiger partial charge on any atom is 0.322 e. The van der Waals surface area contributed by atoms with Gasteiger partial charge in [0, 0.05) is 5.92 Å². The second kappa shape index (κ2) is 5.57. The Morgan fingerprint density at radius 2 is 2.13 bits per heavy atom. The highest BCUT2D eigenvalue weighted by Crippen LogP contribution is 2.42. The summed E-state index contributed by atoms with van der Waals surface area (Å²) in [7, 11) is -4.00. The van der Waals surface area contributed by atoms with E-state index < -0.39 is 28.0 Å². The predicted octanol–water partition coefficient (Wildman–Crippen LogP) is 1.49. The van der Waals surface area contributed by atoms with Gasteiger partial charge in [-0.2, -0.15) is 4.72 Å². The SMILES string of the molecule is CC(C)C(NS(=O)(=O)c1cnc2onc(C3CC3)c2c1)C(=O)O. The summed E-state index contributed by atoms with van der Waals surface area (Å²) < 4.78 is 32.2. The molecule has 0 amide bonds. The Morgan fingerprint density at radius 3 is 2.70 bits per heavy atom. The van der Waals surface area contributed by atoms with Crippen molar-refractivity contribution in [3.8, 4) is 0 Å². The van der Waals surface area contributed by atoms with Crippen LogP contribution in [0.4, 0.5) is 0 Å². The van der Waals surface area contributed by atoms with Crippen molar-refractivity contribution in [2.24, 2.45) is 5.92 Å². The normalized spacial score (nSPS) is 16.8. The van der Waals surface area contributed by atoms with Crippen LogP contribution < -0.4 is 4.72 Å². The molecular weight excluding hydrogens is 322 g/mol. The van der Waals surface area contributed by atoms with E-state index in [0.717, 1.165) is 19.0 Å². The van der Waals surface area contributed by atoms with E-state index in [4.69, 9.17) is 9.63 Å². The van der Waals surface area contributed by atoms with Crippen LogP contribution >= 0.6 is 0 Å². The molecule has 2 heterocycles. The fraction of sp³-hybridized carbons (Fsp3) is 0.500. The quantitative estimate of drug-likeness (QED) is 0.817. The molecule has 1 fully saturated rings. The van der Waals surface area contributed by atoms with Crippen LogP contribution in [0.2, 0.25) is 0 Å². The summed E-state index contributed by atoms with van der Waals surface area (Å²) >= 11 is 0. The van der Waals surface area contributed by atoms with Gasteiger partial charge in [0.2, 0.25) is 10.0 Å². The summed E-state index contributed by atoms with van der Waals surface area (Å²) in [6.07, 6.45) is 3.13. The molecule has 0 aliphatic heterocycles. The van der Waals surface area contributed by atoms with Crippen LogP contribution in [-0.2, 0) is 14.8 Å². The van der Waals surface area contributed by atoms with Gasteiger partial charge in [-0.05, 0) is 24.8 Å². The molecule has 23 heavy (non-hydrogen) atoms. The number of aliphatic carboxylic acids is 1. The first-order valence-electron chi connectivity index (χ1n) is 7.30. The molecule has 2 aromatic rings. The highest BCUT2D eigenvalue weighted by atomic mass is 32.2. The molecule has 8 nitrogen and oxygen atoms in total. The molecular formula is C14H17N3O5S. The third-order valence-corrected chi connectivity index (χ3v) is 5.23. The zero-order valence-corrected chi connectivity index (χ0v) is 13.5. The zero-order valence-electron chi connectivity index (χ0n) is 12.7. The lowest BCUT2D eigenvalue weighted by Gasteiger charge is -2.17. The van der Waals surface area contributed by atoms with Gasteiger partial charge >= 0.3 is 5.97 Å². The molecule has 1 saturated carbocycles. The van der Waals surface area contributed by atoms with Crippen molar-refractivity contribution in [3.05, 3.63) is 18.0 Å². The van der Waals surface area contributed by atoms with Crippen molar-refractivity contribution < 1.29 is 22.8 Å². The molecule has 1 aliphatic carbocycles. The van der Waals surface area contributed by atoms with E-state index in [1.165, 1.54) is 6.07 Å². The van der Waals surface area contributed by atoms with Gasteiger partial charge < -0.3 is 9.63 Å². The van der Waals surface area contributed by atoms with Crippen LogP contribution in [0.1, 0.15) is 38.3 Å². The van der Waals surface area contributed by atoms with Gasteiger partial charge in [0.05, 0.1) is 17.3 Å². The largest absolute Gasteiger partial charge is 0.480 e. The lowest BCUT2D eigenvalue weighted by atomic mass is 10.1. The number of carboxylic acid groups (broad SMARTS) is 1. The summed E-state index contributed by atoms with van der Waals surface area (Å²) in [5.74, 6) is -1.33. The summed E-state index contributed by atoms with van der Waals surface area (Å²) in [6, 6.07) is 0.231. The van der Waals surface area contributed by atoms with E-state index in [-0.39, 0.29) is 16.5 Å². The van der Waals surface area contributed by atoms with E-state index in [1.807, 2.05) is 0 Å². The fourth-order valence-corrected chi connectivity index (χ4v) is 3.64. The molecule has 0 bridgehead atoms. The first kappa shape index (κ1) is 15.9. The number of fused-ring (bicyclic) bond motifs is 1. The Balaban J connectivity index is 1.97. The minimum atomic E-state index is -4.00. The first-order valence-corrected chi connectivity index (χ1v) is 8.78. The van der Waals surface area contributed by atoms with E-state index in [2.05, 4.69) is 14.9 Å². The van der Waals surface area contributed by atoms with Gasteiger partial charge in [-0.3, -0.25) is 4.79 Å². The molecule has 124 valence electrons. The topological polar surface area (TPSA) is 122 Å². The van der Waals surface area contributed by atoms with Crippen LogP contribution in [0.5, 0.6) is 0 Å². The van der Waals surface area contributed by atoms with Crippen molar-refractivity contribution in [1.82, 2.24) is 14.9 Å². The van der Waals surface area contributed by atoms with E-state index in [0.29, 0.717) is 11.1 Å². The summed E-state index contributed by atoms with van der Waals surface area (Å²) in [5.41, 5.74) is 0.993.